The average Bonchev–Trinajstić information content (AvgIpc) is 2.89. The van der Waals surface area contributed by atoms with Gasteiger partial charge in [-0.1, -0.05) is 35.8 Å². The molecule has 1 fully saturated rings. The maximum atomic E-state index is 5.90. The van der Waals surface area contributed by atoms with Gasteiger partial charge < -0.3 is 10.6 Å². The van der Waals surface area contributed by atoms with E-state index < -0.39 is 0 Å². The molecule has 19 heavy (non-hydrogen) atoms. The molecule has 0 saturated carbocycles. The lowest BCUT2D eigenvalue weighted by Gasteiger charge is -2.27. The Balaban J connectivity index is 2.15. The Labute approximate surface area is 124 Å². The van der Waals surface area contributed by atoms with Crippen molar-refractivity contribution in [1.29, 1.82) is 0 Å². The third-order valence-corrected chi connectivity index (χ3v) is 4.87. The van der Waals surface area contributed by atoms with Crippen molar-refractivity contribution < 1.29 is 0 Å². The number of hydrogen-bond acceptors (Lipinski definition) is 3. The fourth-order valence-electron chi connectivity index (χ4n) is 3.04. The number of benzene rings is 1. The predicted molar refractivity (Wildman–Crippen MR) is 85.6 cm³/mol. The number of hydrogen-bond donors (Lipinski definition) is 1. The summed E-state index contributed by atoms with van der Waals surface area (Å²) in [7, 11) is 0. The maximum Gasteiger partial charge on any atom is 0.0423 e. The number of likely N-dealkylation sites (N-methyl/N-ethyl adjacent to an activating group) is 1. The highest BCUT2D eigenvalue weighted by Gasteiger charge is 2.27. The molecule has 1 aliphatic heterocycles. The van der Waals surface area contributed by atoms with Crippen LogP contribution >= 0.6 is 15.9 Å². The van der Waals surface area contributed by atoms with E-state index in [1.165, 1.54) is 17.7 Å². The Morgan fingerprint density at radius 3 is 2.74 bits per heavy atom. The second-order valence-electron chi connectivity index (χ2n) is 5.05. The summed E-state index contributed by atoms with van der Waals surface area (Å²) in [5, 5.41) is 0. The SMILES string of the molecule is CCN(CC)C1CCN(c2cccc(Br)c2CN)C1. The van der Waals surface area contributed by atoms with Crippen LogP contribution in [0.25, 0.3) is 0 Å². The van der Waals surface area contributed by atoms with Gasteiger partial charge in [0, 0.05) is 41.4 Å². The highest BCUT2D eigenvalue weighted by atomic mass is 79.9. The molecule has 1 aromatic carbocycles. The summed E-state index contributed by atoms with van der Waals surface area (Å²) in [6.07, 6.45) is 1.25. The first kappa shape index (κ1) is 14.8. The Morgan fingerprint density at radius 2 is 2.11 bits per heavy atom. The molecule has 1 saturated heterocycles. The normalized spacial score (nSPS) is 19.4. The van der Waals surface area contributed by atoms with Gasteiger partial charge in [-0.3, -0.25) is 4.90 Å². The number of nitrogens with two attached hydrogens (primary N) is 1. The lowest BCUT2D eigenvalue weighted by Crippen LogP contribution is -2.37. The zero-order valence-corrected chi connectivity index (χ0v) is 13.5. The van der Waals surface area contributed by atoms with Gasteiger partial charge in [-0.2, -0.15) is 0 Å². The van der Waals surface area contributed by atoms with Gasteiger partial charge in [0.05, 0.1) is 0 Å². The molecule has 2 rings (SSSR count). The van der Waals surface area contributed by atoms with E-state index >= 15 is 0 Å². The standard InChI is InChI=1S/C15H24BrN3/c1-3-18(4-2)12-8-9-19(11-12)15-7-5-6-14(16)13(15)10-17/h5-7,12H,3-4,8-11,17H2,1-2H3. The van der Waals surface area contributed by atoms with E-state index in [2.05, 4.69) is 57.8 Å². The third-order valence-electron chi connectivity index (χ3n) is 4.13. The summed E-state index contributed by atoms with van der Waals surface area (Å²) in [5.74, 6) is 0. The number of nitrogens with zero attached hydrogens (tertiary/aromatic N) is 2. The first-order valence-corrected chi connectivity index (χ1v) is 7.97. The van der Waals surface area contributed by atoms with Crippen molar-refractivity contribution >= 4 is 21.6 Å². The molecule has 0 aromatic heterocycles. The summed E-state index contributed by atoms with van der Waals surface area (Å²) < 4.78 is 1.12. The molecule has 0 aliphatic carbocycles. The van der Waals surface area contributed by atoms with Crippen LogP contribution in [0.1, 0.15) is 25.8 Å². The molecule has 3 nitrogen and oxygen atoms in total. The van der Waals surface area contributed by atoms with Crippen LogP contribution in [-0.2, 0) is 6.54 Å². The topological polar surface area (TPSA) is 32.5 Å². The zero-order valence-electron chi connectivity index (χ0n) is 11.9. The summed E-state index contributed by atoms with van der Waals surface area (Å²) >= 11 is 3.61. The molecule has 0 amide bonds. The van der Waals surface area contributed by atoms with Crippen molar-refractivity contribution in [2.24, 2.45) is 5.73 Å². The van der Waals surface area contributed by atoms with Gasteiger partial charge in [0.25, 0.3) is 0 Å². The van der Waals surface area contributed by atoms with Crippen molar-refractivity contribution in [2.75, 3.05) is 31.1 Å². The van der Waals surface area contributed by atoms with E-state index in [0.717, 1.165) is 30.7 Å². The Hall–Kier alpha value is -0.580. The van der Waals surface area contributed by atoms with Crippen LogP contribution in [0.5, 0.6) is 0 Å². The fourth-order valence-corrected chi connectivity index (χ4v) is 3.56. The summed E-state index contributed by atoms with van der Waals surface area (Å²) in [6.45, 7) is 9.60. The largest absolute Gasteiger partial charge is 0.370 e. The van der Waals surface area contributed by atoms with Crippen LogP contribution in [0.2, 0.25) is 0 Å². The van der Waals surface area contributed by atoms with Crippen LogP contribution in [0.3, 0.4) is 0 Å². The van der Waals surface area contributed by atoms with E-state index in [0.29, 0.717) is 12.6 Å². The average molecular weight is 326 g/mol. The number of anilines is 1. The van der Waals surface area contributed by atoms with Crippen LogP contribution in [0, 0.1) is 0 Å². The van der Waals surface area contributed by atoms with Crippen molar-refractivity contribution in [1.82, 2.24) is 4.90 Å². The van der Waals surface area contributed by atoms with E-state index in [4.69, 9.17) is 5.73 Å². The van der Waals surface area contributed by atoms with Gasteiger partial charge in [0.15, 0.2) is 0 Å². The second kappa shape index (κ2) is 6.73. The molecule has 1 aliphatic rings. The van der Waals surface area contributed by atoms with Crippen LogP contribution in [0.4, 0.5) is 5.69 Å². The van der Waals surface area contributed by atoms with Crippen LogP contribution in [-0.4, -0.2) is 37.1 Å². The highest BCUT2D eigenvalue weighted by molar-refractivity contribution is 9.10. The van der Waals surface area contributed by atoms with Crippen LogP contribution in [0.15, 0.2) is 22.7 Å². The number of halogens is 1. The minimum atomic E-state index is 0.587. The minimum Gasteiger partial charge on any atom is -0.370 e. The quantitative estimate of drug-likeness (QED) is 0.903. The molecule has 1 atom stereocenters. The van der Waals surface area contributed by atoms with Crippen molar-refractivity contribution in [3.63, 3.8) is 0 Å². The Kier molecular flexibility index (Phi) is 5.25. The molecule has 1 unspecified atom stereocenters. The summed E-state index contributed by atoms with van der Waals surface area (Å²) in [4.78, 5) is 5.04. The molecule has 1 aromatic rings. The first-order valence-electron chi connectivity index (χ1n) is 7.17. The summed E-state index contributed by atoms with van der Waals surface area (Å²) in [5.41, 5.74) is 8.42. The molecule has 4 heteroatoms. The Bertz CT molecular complexity index is 418. The molecular formula is C15H24BrN3. The van der Waals surface area contributed by atoms with Gasteiger partial charge in [-0.25, -0.2) is 0 Å². The summed E-state index contributed by atoms with van der Waals surface area (Å²) in [6, 6.07) is 7.05. The van der Waals surface area contributed by atoms with E-state index in [1.54, 1.807) is 0 Å². The van der Waals surface area contributed by atoms with E-state index in [1.807, 2.05) is 0 Å². The molecule has 1 heterocycles. The molecule has 0 radical (unpaired) electrons. The molecule has 2 N–H and O–H groups in total. The van der Waals surface area contributed by atoms with E-state index in [-0.39, 0.29) is 0 Å². The maximum absolute atomic E-state index is 5.90. The van der Waals surface area contributed by atoms with Crippen LogP contribution < -0.4 is 10.6 Å². The fraction of sp³-hybridized carbons (Fsp3) is 0.600. The smallest absolute Gasteiger partial charge is 0.0423 e. The molecule has 0 bridgehead atoms. The van der Waals surface area contributed by atoms with Gasteiger partial charge in [0.2, 0.25) is 0 Å². The minimum absolute atomic E-state index is 0.587. The van der Waals surface area contributed by atoms with Gasteiger partial charge in [-0.15, -0.1) is 0 Å². The lowest BCUT2D eigenvalue weighted by atomic mass is 10.1. The van der Waals surface area contributed by atoms with Crippen molar-refractivity contribution in [3.8, 4) is 0 Å². The van der Waals surface area contributed by atoms with Gasteiger partial charge in [-0.05, 0) is 31.6 Å². The number of rotatable bonds is 5. The first-order chi connectivity index (χ1) is 9.21. The third kappa shape index (κ3) is 3.12. The lowest BCUT2D eigenvalue weighted by molar-refractivity contribution is 0.232. The molecular weight excluding hydrogens is 302 g/mol. The van der Waals surface area contributed by atoms with Crippen molar-refractivity contribution in [3.05, 3.63) is 28.2 Å². The Morgan fingerprint density at radius 1 is 1.37 bits per heavy atom. The zero-order chi connectivity index (χ0) is 13.8. The van der Waals surface area contributed by atoms with Crippen molar-refractivity contribution in [2.45, 2.75) is 32.9 Å². The highest BCUT2D eigenvalue weighted by Crippen LogP contribution is 2.30. The van der Waals surface area contributed by atoms with Gasteiger partial charge >= 0.3 is 0 Å². The monoisotopic (exact) mass is 325 g/mol. The van der Waals surface area contributed by atoms with Gasteiger partial charge in [0.1, 0.15) is 0 Å². The predicted octanol–water partition coefficient (Wildman–Crippen LogP) is 2.83. The molecule has 106 valence electrons. The van der Waals surface area contributed by atoms with E-state index in [9.17, 15) is 0 Å². The second-order valence-corrected chi connectivity index (χ2v) is 5.91. The molecule has 0 spiro atoms.